The Labute approximate surface area is 173 Å². The molecule has 0 radical (unpaired) electrons. The highest BCUT2D eigenvalue weighted by Gasteiger charge is 2.25. The van der Waals surface area contributed by atoms with Gasteiger partial charge < -0.3 is 4.90 Å². The van der Waals surface area contributed by atoms with Crippen LogP contribution in [0.5, 0.6) is 0 Å². The van der Waals surface area contributed by atoms with E-state index in [2.05, 4.69) is 6.92 Å². The summed E-state index contributed by atoms with van der Waals surface area (Å²) in [6, 6.07) is 7.56. The Bertz CT molecular complexity index is 1200. The summed E-state index contributed by atoms with van der Waals surface area (Å²) in [6.07, 6.45) is 3.09. The molecule has 3 aromatic rings. The summed E-state index contributed by atoms with van der Waals surface area (Å²) in [5.41, 5.74) is 2.21. The highest BCUT2D eigenvalue weighted by atomic mass is 32.1. The molecule has 1 aromatic carbocycles. The maximum absolute atomic E-state index is 13.4. The van der Waals surface area contributed by atoms with E-state index in [0.717, 1.165) is 36.9 Å². The Hall–Kier alpha value is -2.67. The number of likely N-dealkylation sites (tertiary alicyclic amines) is 1. The maximum Gasteiger partial charge on any atom is 0.336 e. The summed E-state index contributed by atoms with van der Waals surface area (Å²) < 4.78 is 3.15. The number of aromatic nitrogens is 2. The number of carbonyl (C=O) groups is 1. The molecule has 1 atom stereocenters. The van der Waals surface area contributed by atoms with Crippen LogP contribution >= 0.6 is 11.3 Å². The van der Waals surface area contributed by atoms with Crippen LogP contribution in [0.3, 0.4) is 0 Å². The molecule has 2 aromatic heterocycles. The van der Waals surface area contributed by atoms with Crippen molar-refractivity contribution in [2.24, 2.45) is 0 Å². The van der Waals surface area contributed by atoms with Gasteiger partial charge in [0.25, 0.3) is 5.56 Å². The first-order valence-electron chi connectivity index (χ1n) is 9.98. The smallest absolute Gasteiger partial charge is 0.336 e. The van der Waals surface area contributed by atoms with E-state index in [-0.39, 0.29) is 24.1 Å². The van der Waals surface area contributed by atoms with Gasteiger partial charge in [0.15, 0.2) is 0 Å². The second-order valence-corrected chi connectivity index (χ2v) is 8.78. The van der Waals surface area contributed by atoms with Crippen molar-refractivity contribution in [1.29, 1.82) is 0 Å². The first-order valence-corrected chi connectivity index (χ1v) is 10.9. The molecule has 3 heterocycles. The lowest BCUT2D eigenvalue weighted by Gasteiger charge is -2.33. The van der Waals surface area contributed by atoms with E-state index in [1.54, 1.807) is 17.5 Å². The molecule has 4 rings (SSSR count). The SMILES string of the molecule is Cc1ccc(-n2c(=O)c3sccc3n(CC(=O)N3CCCCC3C)c2=O)c(C)c1. The number of carbonyl (C=O) groups excluding carboxylic acids is 1. The average Bonchev–Trinajstić information content (AvgIpc) is 3.17. The van der Waals surface area contributed by atoms with Crippen LogP contribution in [0.1, 0.15) is 37.3 Å². The topological polar surface area (TPSA) is 64.3 Å². The van der Waals surface area contributed by atoms with Gasteiger partial charge in [-0.05, 0) is 63.1 Å². The van der Waals surface area contributed by atoms with Crippen molar-refractivity contribution in [3.05, 3.63) is 61.6 Å². The number of fused-ring (bicyclic) bond motifs is 1. The minimum atomic E-state index is -0.467. The highest BCUT2D eigenvalue weighted by Crippen LogP contribution is 2.20. The number of aryl methyl sites for hydroxylation is 2. The van der Waals surface area contributed by atoms with Gasteiger partial charge in [-0.2, -0.15) is 0 Å². The molecule has 1 unspecified atom stereocenters. The van der Waals surface area contributed by atoms with Crippen molar-refractivity contribution < 1.29 is 4.79 Å². The first kappa shape index (κ1) is 19.6. The number of hydrogen-bond donors (Lipinski definition) is 0. The fourth-order valence-corrected chi connectivity index (χ4v) is 5.03. The van der Waals surface area contributed by atoms with Gasteiger partial charge in [0.05, 0.1) is 11.2 Å². The van der Waals surface area contributed by atoms with E-state index in [4.69, 9.17) is 0 Å². The molecular formula is C22H25N3O3S. The van der Waals surface area contributed by atoms with Crippen LogP contribution in [-0.4, -0.2) is 32.5 Å². The number of thiophene rings is 1. The van der Waals surface area contributed by atoms with E-state index in [1.165, 1.54) is 20.5 Å². The van der Waals surface area contributed by atoms with E-state index in [9.17, 15) is 14.4 Å². The zero-order valence-electron chi connectivity index (χ0n) is 17.0. The Balaban J connectivity index is 1.86. The summed E-state index contributed by atoms with van der Waals surface area (Å²) in [6.45, 7) is 6.58. The third kappa shape index (κ3) is 3.44. The standard InChI is InChI=1S/C22H25N3O3S/c1-14-7-8-17(15(2)12-14)25-21(27)20-18(9-11-29-20)24(22(25)28)13-19(26)23-10-5-4-6-16(23)3/h7-9,11-12,16H,4-6,10,13H2,1-3H3. The maximum atomic E-state index is 13.4. The predicted octanol–water partition coefficient (Wildman–Crippen LogP) is 3.23. The van der Waals surface area contributed by atoms with E-state index in [0.29, 0.717) is 15.9 Å². The van der Waals surface area contributed by atoms with E-state index < -0.39 is 5.69 Å². The minimum absolute atomic E-state index is 0.0540. The van der Waals surface area contributed by atoms with Crippen LogP contribution < -0.4 is 11.2 Å². The van der Waals surface area contributed by atoms with E-state index in [1.807, 2.05) is 30.9 Å². The van der Waals surface area contributed by atoms with Crippen molar-refractivity contribution in [2.45, 2.75) is 52.6 Å². The Morgan fingerprint density at radius 3 is 2.69 bits per heavy atom. The lowest BCUT2D eigenvalue weighted by molar-refractivity contribution is -0.135. The number of rotatable bonds is 3. The number of nitrogens with zero attached hydrogens (tertiary/aromatic N) is 3. The third-order valence-corrected chi connectivity index (χ3v) is 6.66. The molecule has 152 valence electrons. The molecule has 1 saturated heterocycles. The van der Waals surface area contributed by atoms with Gasteiger partial charge in [0.1, 0.15) is 11.2 Å². The van der Waals surface area contributed by atoms with E-state index >= 15 is 0 Å². The van der Waals surface area contributed by atoms with Gasteiger partial charge in [0.2, 0.25) is 5.91 Å². The fourth-order valence-electron chi connectivity index (χ4n) is 4.20. The summed E-state index contributed by atoms with van der Waals surface area (Å²) in [4.78, 5) is 41.4. The Morgan fingerprint density at radius 2 is 1.97 bits per heavy atom. The Morgan fingerprint density at radius 1 is 1.17 bits per heavy atom. The summed E-state index contributed by atoms with van der Waals surface area (Å²) in [5.74, 6) is -0.0716. The first-order chi connectivity index (χ1) is 13.9. The average molecular weight is 412 g/mol. The largest absolute Gasteiger partial charge is 0.338 e. The molecule has 0 spiro atoms. The fraction of sp³-hybridized carbons (Fsp3) is 0.409. The number of piperidine rings is 1. The summed E-state index contributed by atoms with van der Waals surface area (Å²) in [5, 5.41) is 1.79. The molecular weight excluding hydrogens is 386 g/mol. The van der Waals surface area contributed by atoms with Crippen LogP contribution in [0.4, 0.5) is 0 Å². The van der Waals surface area contributed by atoms with Gasteiger partial charge in [-0.1, -0.05) is 17.7 Å². The van der Waals surface area contributed by atoms with Crippen molar-refractivity contribution in [3.8, 4) is 5.69 Å². The van der Waals surface area contributed by atoms with Gasteiger partial charge in [0, 0.05) is 12.6 Å². The molecule has 0 bridgehead atoms. The monoisotopic (exact) mass is 411 g/mol. The molecule has 6 nitrogen and oxygen atoms in total. The lowest BCUT2D eigenvalue weighted by atomic mass is 10.0. The Kier molecular flexibility index (Phi) is 5.17. The second-order valence-electron chi connectivity index (χ2n) is 7.87. The second kappa shape index (κ2) is 7.63. The molecule has 1 aliphatic rings. The minimum Gasteiger partial charge on any atom is -0.338 e. The predicted molar refractivity (Wildman–Crippen MR) is 116 cm³/mol. The van der Waals surface area contributed by atoms with Crippen LogP contribution in [0, 0.1) is 13.8 Å². The van der Waals surface area contributed by atoms with Gasteiger partial charge in [-0.15, -0.1) is 11.3 Å². The molecule has 0 N–H and O–H groups in total. The molecule has 29 heavy (non-hydrogen) atoms. The van der Waals surface area contributed by atoms with Crippen molar-refractivity contribution in [2.75, 3.05) is 6.54 Å². The third-order valence-electron chi connectivity index (χ3n) is 5.76. The number of amides is 1. The van der Waals surface area contributed by atoms with Crippen molar-refractivity contribution >= 4 is 27.5 Å². The number of benzene rings is 1. The van der Waals surface area contributed by atoms with Crippen LogP contribution in [0.25, 0.3) is 15.9 Å². The molecule has 1 aliphatic heterocycles. The van der Waals surface area contributed by atoms with Crippen LogP contribution in [0.15, 0.2) is 39.2 Å². The zero-order valence-corrected chi connectivity index (χ0v) is 17.8. The quantitative estimate of drug-likeness (QED) is 0.665. The normalized spacial score (nSPS) is 17.1. The highest BCUT2D eigenvalue weighted by molar-refractivity contribution is 7.17. The molecule has 1 amide bonds. The molecule has 1 fully saturated rings. The number of hydrogen-bond acceptors (Lipinski definition) is 4. The van der Waals surface area contributed by atoms with Crippen molar-refractivity contribution in [3.63, 3.8) is 0 Å². The summed E-state index contributed by atoms with van der Waals surface area (Å²) in [7, 11) is 0. The molecule has 0 aliphatic carbocycles. The summed E-state index contributed by atoms with van der Waals surface area (Å²) >= 11 is 1.30. The molecule has 0 saturated carbocycles. The van der Waals surface area contributed by atoms with Gasteiger partial charge in [-0.25, -0.2) is 9.36 Å². The van der Waals surface area contributed by atoms with Crippen LogP contribution in [-0.2, 0) is 11.3 Å². The van der Waals surface area contributed by atoms with Gasteiger partial charge >= 0.3 is 5.69 Å². The van der Waals surface area contributed by atoms with Crippen molar-refractivity contribution in [1.82, 2.24) is 14.0 Å². The zero-order chi connectivity index (χ0) is 20.7. The van der Waals surface area contributed by atoms with Gasteiger partial charge in [-0.3, -0.25) is 14.2 Å². The lowest BCUT2D eigenvalue weighted by Crippen LogP contribution is -2.46. The molecule has 7 heteroatoms. The van der Waals surface area contributed by atoms with Crippen LogP contribution in [0.2, 0.25) is 0 Å².